The first-order chi connectivity index (χ1) is 7.22. The summed E-state index contributed by atoms with van der Waals surface area (Å²) in [5.41, 5.74) is 2.37. The summed E-state index contributed by atoms with van der Waals surface area (Å²) in [5, 5.41) is 8.44. The van der Waals surface area contributed by atoms with E-state index >= 15 is 0 Å². The van der Waals surface area contributed by atoms with Gasteiger partial charge in [0.15, 0.2) is 0 Å². The predicted octanol–water partition coefficient (Wildman–Crippen LogP) is 1.99. The Kier molecular flexibility index (Phi) is 4.79. The zero-order valence-corrected chi connectivity index (χ0v) is 9.40. The van der Waals surface area contributed by atoms with Crippen LogP contribution in [0.15, 0.2) is 18.3 Å². The van der Waals surface area contributed by atoms with E-state index in [0.29, 0.717) is 6.42 Å². The van der Waals surface area contributed by atoms with Crippen LogP contribution >= 0.6 is 0 Å². The van der Waals surface area contributed by atoms with E-state index in [0.717, 1.165) is 25.1 Å². The summed E-state index contributed by atoms with van der Waals surface area (Å²) in [6.07, 6.45) is 4.25. The molecule has 0 unspecified atom stereocenters. The lowest BCUT2D eigenvalue weighted by Gasteiger charge is -2.10. The number of pyridine rings is 1. The van der Waals surface area contributed by atoms with E-state index in [2.05, 4.69) is 36.1 Å². The largest absolute Gasteiger partial charge is 0.305 e. The molecule has 0 aliphatic rings. The van der Waals surface area contributed by atoms with Crippen LogP contribution in [-0.4, -0.2) is 24.0 Å². The summed E-state index contributed by atoms with van der Waals surface area (Å²) in [5.74, 6) is 0. The summed E-state index contributed by atoms with van der Waals surface area (Å²) in [7, 11) is 4.10. The van der Waals surface area contributed by atoms with E-state index in [1.807, 2.05) is 12.3 Å². The minimum atomic E-state index is 0.611. The van der Waals surface area contributed by atoms with Gasteiger partial charge in [-0.1, -0.05) is 0 Å². The molecule has 0 spiro atoms. The summed E-state index contributed by atoms with van der Waals surface area (Å²) in [6, 6.07) is 6.31. The quantitative estimate of drug-likeness (QED) is 0.687. The number of aromatic nitrogens is 1. The Morgan fingerprint density at radius 1 is 1.47 bits per heavy atom. The van der Waals surface area contributed by atoms with Crippen LogP contribution in [0.5, 0.6) is 0 Å². The van der Waals surface area contributed by atoms with Gasteiger partial charge >= 0.3 is 0 Å². The van der Waals surface area contributed by atoms with Gasteiger partial charge in [0, 0.05) is 24.9 Å². The van der Waals surface area contributed by atoms with E-state index in [-0.39, 0.29) is 0 Å². The monoisotopic (exact) mass is 203 g/mol. The normalized spacial score (nSPS) is 10.3. The number of hydrogen-bond donors (Lipinski definition) is 0. The summed E-state index contributed by atoms with van der Waals surface area (Å²) in [6.45, 7) is 0.938. The molecular weight excluding hydrogens is 186 g/mol. The van der Waals surface area contributed by atoms with Crippen LogP contribution in [0.2, 0.25) is 0 Å². The molecule has 0 aliphatic carbocycles. The molecule has 1 aromatic heterocycles. The highest BCUT2D eigenvalue weighted by Gasteiger charge is 1.98. The second kappa shape index (κ2) is 6.15. The number of rotatable bonds is 5. The third-order valence-corrected chi connectivity index (χ3v) is 2.10. The molecule has 0 saturated heterocycles. The zero-order valence-electron chi connectivity index (χ0n) is 9.40. The van der Waals surface area contributed by atoms with Gasteiger partial charge in [0.05, 0.1) is 6.07 Å². The first kappa shape index (κ1) is 11.7. The molecule has 3 heteroatoms. The molecular formula is C12H17N3. The lowest BCUT2D eigenvalue weighted by Crippen LogP contribution is -2.11. The Morgan fingerprint density at radius 2 is 2.27 bits per heavy atom. The van der Waals surface area contributed by atoms with Gasteiger partial charge in [-0.05, 0) is 44.6 Å². The minimum absolute atomic E-state index is 0.611. The van der Waals surface area contributed by atoms with Gasteiger partial charge < -0.3 is 4.90 Å². The van der Waals surface area contributed by atoms with E-state index in [9.17, 15) is 0 Å². The summed E-state index contributed by atoms with van der Waals surface area (Å²) in [4.78, 5) is 6.42. The maximum Gasteiger partial charge on any atom is 0.0621 e. The number of aryl methyl sites for hydroxylation is 1. The van der Waals surface area contributed by atoms with Crippen LogP contribution in [0.1, 0.15) is 24.1 Å². The zero-order chi connectivity index (χ0) is 11.1. The maximum atomic E-state index is 8.44. The second-order valence-corrected chi connectivity index (χ2v) is 3.90. The van der Waals surface area contributed by atoms with Crippen LogP contribution < -0.4 is 0 Å². The molecule has 0 saturated carbocycles. The lowest BCUT2D eigenvalue weighted by molar-refractivity contribution is 0.402. The first-order valence-electron chi connectivity index (χ1n) is 5.18. The molecule has 0 atom stereocenters. The molecule has 0 aliphatic heterocycles. The number of nitriles is 1. The fraction of sp³-hybridized carbons (Fsp3) is 0.500. The van der Waals surface area contributed by atoms with E-state index in [1.165, 1.54) is 5.56 Å². The SMILES string of the molecule is CN(C)Cc1ccnc(CCCC#N)c1. The van der Waals surface area contributed by atoms with E-state index in [1.54, 1.807) is 0 Å². The Hall–Kier alpha value is -1.40. The van der Waals surface area contributed by atoms with Crippen molar-refractivity contribution in [1.82, 2.24) is 9.88 Å². The molecule has 0 aromatic carbocycles. The maximum absolute atomic E-state index is 8.44. The average Bonchev–Trinajstić information content (AvgIpc) is 2.18. The van der Waals surface area contributed by atoms with Crippen molar-refractivity contribution in [3.05, 3.63) is 29.6 Å². The smallest absolute Gasteiger partial charge is 0.0621 e. The number of unbranched alkanes of at least 4 members (excludes halogenated alkanes) is 1. The Bertz CT molecular complexity index is 339. The Morgan fingerprint density at radius 3 is 2.93 bits per heavy atom. The van der Waals surface area contributed by atoms with Gasteiger partial charge in [0.2, 0.25) is 0 Å². The van der Waals surface area contributed by atoms with Crippen molar-refractivity contribution >= 4 is 0 Å². The second-order valence-electron chi connectivity index (χ2n) is 3.90. The average molecular weight is 203 g/mol. The van der Waals surface area contributed by atoms with Crippen molar-refractivity contribution in [3.63, 3.8) is 0 Å². The van der Waals surface area contributed by atoms with Crippen molar-refractivity contribution in [2.45, 2.75) is 25.8 Å². The highest BCUT2D eigenvalue weighted by molar-refractivity contribution is 5.16. The van der Waals surface area contributed by atoms with Gasteiger partial charge in [0.25, 0.3) is 0 Å². The van der Waals surface area contributed by atoms with Crippen molar-refractivity contribution in [1.29, 1.82) is 5.26 Å². The van der Waals surface area contributed by atoms with Crippen LogP contribution in [0, 0.1) is 11.3 Å². The van der Waals surface area contributed by atoms with Gasteiger partial charge in [0.1, 0.15) is 0 Å². The van der Waals surface area contributed by atoms with E-state index in [4.69, 9.17) is 5.26 Å². The van der Waals surface area contributed by atoms with Crippen molar-refractivity contribution in [2.24, 2.45) is 0 Å². The summed E-state index contributed by atoms with van der Waals surface area (Å²) < 4.78 is 0. The molecule has 0 amide bonds. The van der Waals surface area contributed by atoms with E-state index < -0.39 is 0 Å². The lowest BCUT2D eigenvalue weighted by atomic mass is 10.1. The van der Waals surface area contributed by atoms with Crippen LogP contribution in [0.4, 0.5) is 0 Å². The Labute approximate surface area is 91.4 Å². The third-order valence-electron chi connectivity index (χ3n) is 2.10. The Balaban J connectivity index is 2.54. The molecule has 1 rings (SSSR count). The highest BCUT2D eigenvalue weighted by atomic mass is 15.0. The molecule has 1 heterocycles. The molecule has 1 aromatic rings. The van der Waals surface area contributed by atoms with Crippen LogP contribution in [0.25, 0.3) is 0 Å². The molecule has 0 bridgehead atoms. The molecule has 0 fully saturated rings. The summed E-state index contributed by atoms with van der Waals surface area (Å²) >= 11 is 0. The predicted molar refractivity (Wildman–Crippen MR) is 60.2 cm³/mol. The molecule has 80 valence electrons. The molecule has 15 heavy (non-hydrogen) atoms. The van der Waals surface area contributed by atoms with Crippen molar-refractivity contribution < 1.29 is 0 Å². The third kappa shape index (κ3) is 4.57. The van der Waals surface area contributed by atoms with Gasteiger partial charge in [-0.3, -0.25) is 4.98 Å². The standard InChI is InChI=1S/C12H17N3/c1-15(2)10-11-6-8-14-12(9-11)5-3-4-7-13/h6,8-9H,3-5,10H2,1-2H3. The number of hydrogen-bond acceptors (Lipinski definition) is 3. The highest BCUT2D eigenvalue weighted by Crippen LogP contribution is 2.06. The molecule has 0 N–H and O–H groups in total. The van der Waals surface area contributed by atoms with Crippen molar-refractivity contribution in [2.75, 3.05) is 14.1 Å². The van der Waals surface area contributed by atoms with Gasteiger partial charge in [-0.2, -0.15) is 5.26 Å². The van der Waals surface area contributed by atoms with Crippen LogP contribution in [0.3, 0.4) is 0 Å². The number of nitrogens with zero attached hydrogens (tertiary/aromatic N) is 3. The fourth-order valence-electron chi connectivity index (χ4n) is 1.48. The topological polar surface area (TPSA) is 39.9 Å². The van der Waals surface area contributed by atoms with Crippen molar-refractivity contribution in [3.8, 4) is 6.07 Å². The van der Waals surface area contributed by atoms with Crippen LogP contribution in [-0.2, 0) is 13.0 Å². The first-order valence-corrected chi connectivity index (χ1v) is 5.18. The fourth-order valence-corrected chi connectivity index (χ4v) is 1.48. The van der Waals surface area contributed by atoms with Gasteiger partial charge in [-0.25, -0.2) is 0 Å². The van der Waals surface area contributed by atoms with Gasteiger partial charge in [-0.15, -0.1) is 0 Å². The minimum Gasteiger partial charge on any atom is -0.305 e. The molecule has 3 nitrogen and oxygen atoms in total. The molecule has 0 radical (unpaired) electrons.